The molecule has 0 bridgehead atoms. The first-order valence-corrected chi connectivity index (χ1v) is 7.80. The van der Waals surface area contributed by atoms with Gasteiger partial charge in [-0.25, -0.2) is 9.78 Å². The molecule has 0 aliphatic heterocycles. The maximum atomic E-state index is 11.8. The van der Waals surface area contributed by atoms with Gasteiger partial charge in [0, 0.05) is 10.3 Å². The van der Waals surface area contributed by atoms with Crippen LogP contribution in [0.1, 0.15) is 32.2 Å². The standard InChI is InChI=1S/C13H14N2O3S2/c1-2-12-15-8(7-19-12)5-11(16)14-6-9-3-4-10(20-9)13(17)18/h3-4,7H,2,5-6H2,1H3,(H,14,16)(H,17,18). The second-order valence-electron chi connectivity index (χ2n) is 4.11. The smallest absolute Gasteiger partial charge is 0.345 e. The number of thiazole rings is 1. The highest BCUT2D eigenvalue weighted by atomic mass is 32.1. The topological polar surface area (TPSA) is 79.3 Å². The third-order valence-corrected chi connectivity index (χ3v) is 4.69. The molecule has 0 saturated carbocycles. The van der Waals surface area contributed by atoms with E-state index in [1.165, 1.54) is 11.3 Å². The largest absolute Gasteiger partial charge is 0.477 e. The summed E-state index contributed by atoms with van der Waals surface area (Å²) in [6, 6.07) is 3.26. The zero-order valence-corrected chi connectivity index (χ0v) is 12.5. The summed E-state index contributed by atoms with van der Waals surface area (Å²) in [6.07, 6.45) is 1.13. The molecule has 20 heavy (non-hydrogen) atoms. The first-order valence-electron chi connectivity index (χ1n) is 6.10. The predicted molar refractivity (Wildman–Crippen MR) is 78.3 cm³/mol. The summed E-state index contributed by atoms with van der Waals surface area (Å²) in [6.45, 7) is 2.38. The van der Waals surface area contributed by atoms with Crippen molar-refractivity contribution in [2.75, 3.05) is 0 Å². The molecule has 0 aliphatic rings. The lowest BCUT2D eigenvalue weighted by Crippen LogP contribution is -2.24. The lowest BCUT2D eigenvalue weighted by molar-refractivity contribution is -0.120. The van der Waals surface area contributed by atoms with E-state index >= 15 is 0 Å². The summed E-state index contributed by atoms with van der Waals surface area (Å²) in [5.41, 5.74) is 0.779. The van der Waals surface area contributed by atoms with Crippen LogP contribution in [0.4, 0.5) is 0 Å². The van der Waals surface area contributed by atoms with Gasteiger partial charge in [0.2, 0.25) is 5.91 Å². The Balaban J connectivity index is 1.83. The van der Waals surface area contributed by atoms with Crippen molar-refractivity contribution in [1.82, 2.24) is 10.3 Å². The molecule has 2 N–H and O–H groups in total. The maximum Gasteiger partial charge on any atom is 0.345 e. The Morgan fingerprint density at radius 1 is 1.40 bits per heavy atom. The number of carboxylic acid groups (broad SMARTS) is 1. The third-order valence-electron chi connectivity index (χ3n) is 2.58. The van der Waals surface area contributed by atoms with E-state index in [9.17, 15) is 9.59 Å². The Morgan fingerprint density at radius 3 is 2.80 bits per heavy atom. The van der Waals surface area contributed by atoms with Crippen LogP contribution in [-0.4, -0.2) is 22.0 Å². The van der Waals surface area contributed by atoms with Crippen LogP contribution < -0.4 is 5.32 Å². The van der Waals surface area contributed by atoms with E-state index in [4.69, 9.17) is 5.11 Å². The fourth-order valence-electron chi connectivity index (χ4n) is 1.59. The van der Waals surface area contributed by atoms with Crippen LogP contribution in [0.5, 0.6) is 0 Å². The van der Waals surface area contributed by atoms with Gasteiger partial charge in [-0.3, -0.25) is 4.79 Å². The first kappa shape index (κ1) is 14.7. The minimum Gasteiger partial charge on any atom is -0.477 e. The summed E-state index contributed by atoms with van der Waals surface area (Å²) < 4.78 is 0. The van der Waals surface area contributed by atoms with E-state index in [1.807, 2.05) is 12.3 Å². The molecule has 2 aromatic heterocycles. The zero-order valence-electron chi connectivity index (χ0n) is 10.9. The molecule has 0 spiro atoms. The Kier molecular flexibility index (Phi) is 4.86. The number of aromatic carboxylic acids is 1. The number of hydrogen-bond donors (Lipinski definition) is 2. The van der Waals surface area contributed by atoms with Gasteiger partial charge in [-0.1, -0.05) is 6.92 Å². The fraction of sp³-hybridized carbons (Fsp3) is 0.308. The molecule has 106 valence electrons. The molecule has 2 aromatic rings. The Bertz CT molecular complexity index is 619. The average Bonchev–Trinajstić information content (AvgIpc) is 3.05. The molecule has 0 radical (unpaired) electrons. The lowest BCUT2D eigenvalue weighted by atomic mass is 10.3. The molecular formula is C13H14N2O3S2. The number of nitrogens with zero attached hydrogens (tertiary/aromatic N) is 1. The highest BCUT2D eigenvalue weighted by Gasteiger charge is 2.09. The summed E-state index contributed by atoms with van der Waals surface area (Å²) in [5.74, 6) is -1.05. The van der Waals surface area contributed by atoms with Crippen LogP contribution in [0.3, 0.4) is 0 Å². The van der Waals surface area contributed by atoms with Crippen molar-refractivity contribution in [1.29, 1.82) is 0 Å². The van der Waals surface area contributed by atoms with E-state index in [2.05, 4.69) is 10.3 Å². The van der Waals surface area contributed by atoms with E-state index in [0.717, 1.165) is 22.0 Å². The van der Waals surface area contributed by atoms with Crippen molar-refractivity contribution in [2.45, 2.75) is 26.3 Å². The number of carboxylic acids is 1. The van der Waals surface area contributed by atoms with Crippen molar-refractivity contribution >= 4 is 34.6 Å². The molecule has 0 aromatic carbocycles. The number of thiophene rings is 1. The summed E-state index contributed by atoms with van der Waals surface area (Å²) in [4.78, 5) is 27.9. The number of carbonyl (C=O) groups is 2. The minimum absolute atomic E-state index is 0.108. The summed E-state index contributed by atoms with van der Waals surface area (Å²) in [7, 11) is 0. The maximum absolute atomic E-state index is 11.8. The predicted octanol–water partition coefficient (Wildman–Crippen LogP) is 2.32. The van der Waals surface area contributed by atoms with Crippen molar-refractivity contribution < 1.29 is 14.7 Å². The number of rotatable bonds is 6. The van der Waals surface area contributed by atoms with Gasteiger partial charge >= 0.3 is 5.97 Å². The van der Waals surface area contributed by atoms with Crippen molar-refractivity contribution in [2.24, 2.45) is 0 Å². The molecular weight excluding hydrogens is 296 g/mol. The van der Waals surface area contributed by atoms with Gasteiger partial charge in [-0.15, -0.1) is 22.7 Å². The second kappa shape index (κ2) is 6.62. The van der Waals surface area contributed by atoms with E-state index in [-0.39, 0.29) is 17.2 Å². The van der Waals surface area contributed by atoms with Crippen LogP contribution in [0.2, 0.25) is 0 Å². The van der Waals surface area contributed by atoms with Crippen LogP contribution in [-0.2, 0) is 24.2 Å². The Labute approximate surface area is 124 Å². The summed E-state index contributed by atoms with van der Waals surface area (Å²) in [5, 5.41) is 14.5. The molecule has 5 nitrogen and oxygen atoms in total. The Hall–Kier alpha value is -1.73. The van der Waals surface area contributed by atoms with Crippen LogP contribution >= 0.6 is 22.7 Å². The van der Waals surface area contributed by atoms with Crippen molar-refractivity contribution in [3.63, 3.8) is 0 Å². The van der Waals surface area contributed by atoms with Gasteiger partial charge in [-0.05, 0) is 18.6 Å². The Morgan fingerprint density at radius 2 is 2.20 bits per heavy atom. The van der Waals surface area contributed by atoms with Gasteiger partial charge in [0.25, 0.3) is 0 Å². The molecule has 7 heteroatoms. The number of carbonyl (C=O) groups excluding carboxylic acids is 1. The van der Waals surface area contributed by atoms with Crippen LogP contribution in [0, 0.1) is 0 Å². The van der Waals surface area contributed by atoms with Gasteiger partial charge in [-0.2, -0.15) is 0 Å². The number of aryl methyl sites for hydroxylation is 1. The number of aromatic nitrogens is 1. The summed E-state index contributed by atoms with van der Waals surface area (Å²) >= 11 is 2.73. The molecule has 0 unspecified atom stereocenters. The van der Waals surface area contributed by atoms with Gasteiger partial charge in [0.05, 0.1) is 23.7 Å². The molecule has 0 atom stereocenters. The third kappa shape index (κ3) is 3.88. The molecule has 2 rings (SSSR count). The van der Waals surface area contributed by atoms with Gasteiger partial charge < -0.3 is 10.4 Å². The zero-order chi connectivity index (χ0) is 14.5. The minimum atomic E-state index is -0.942. The molecule has 0 fully saturated rings. The van der Waals surface area contributed by atoms with E-state index in [0.29, 0.717) is 6.54 Å². The second-order valence-corrected chi connectivity index (χ2v) is 6.22. The molecule has 0 saturated heterocycles. The van der Waals surface area contributed by atoms with Crippen LogP contribution in [0.25, 0.3) is 0 Å². The van der Waals surface area contributed by atoms with E-state index in [1.54, 1.807) is 23.5 Å². The SMILES string of the molecule is CCc1nc(CC(=O)NCc2ccc(C(=O)O)s2)cs1. The van der Waals surface area contributed by atoms with E-state index < -0.39 is 5.97 Å². The number of amides is 1. The quantitative estimate of drug-likeness (QED) is 0.858. The molecule has 2 heterocycles. The van der Waals surface area contributed by atoms with Crippen LogP contribution in [0.15, 0.2) is 17.5 Å². The van der Waals surface area contributed by atoms with Gasteiger partial charge in [0.1, 0.15) is 4.88 Å². The van der Waals surface area contributed by atoms with Crippen molar-refractivity contribution in [3.05, 3.63) is 38.0 Å². The highest BCUT2D eigenvalue weighted by Crippen LogP contribution is 2.16. The first-order chi connectivity index (χ1) is 9.58. The number of hydrogen-bond acceptors (Lipinski definition) is 5. The average molecular weight is 310 g/mol. The molecule has 1 amide bonds. The molecule has 0 aliphatic carbocycles. The van der Waals surface area contributed by atoms with Gasteiger partial charge in [0.15, 0.2) is 0 Å². The highest BCUT2D eigenvalue weighted by molar-refractivity contribution is 7.13. The fourth-order valence-corrected chi connectivity index (χ4v) is 3.12. The number of nitrogens with one attached hydrogen (secondary N) is 1. The van der Waals surface area contributed by atoms with Crippen molar-refractivity contribution in [3.8, 4) is 0 Å². The monoisotopic (exact) mass is 310 g/mol. The lowest BCUT2D eigenvalue weighted by Gasteiger charge is -2.01. The normalized spacial score (nSPS) is 10.4.